The highest BCUT2D eigenvalue weighted by Crippen LogP contribution is 2.31. The number of benzene rings is 2. The van der Waals surface area contributed by atoms with Crippen LogP contribution >= 0.6 is 0 Å². The van der Waals surface area contributed by atoms with Crippen molar-refractivity contribution >= 4 is 17.5 Å². The van der Waals surface area contributed by atoms with Crippen molar-refractivity contribution < 1.29 is 14.0 Å². The molecule has 1 aliphatic carbocycles. The number of carbonyl (C=O) groups is 2. The lowest BCUT2D eigenvalue weighted by Gasteiger charge is -2.31. The Balaban J connectivity index is 1.46. The average Bonchev–Trinajstić information content (AvgIpc) is 2.76. The minimum absolute atomic E-state index is 0.0163. The lowest BCUT2D eigenvalue weighted by Crippen LogP contribution is -2.40. The van der Waals surface area contributed by atoms with Crippen LogP contribution in [0.2, 0.25) is 0 Å². The van der Waals surface area contributed by atoms with E-state index in [9.17, 15) is 14.0 Å². The fourth-order valence-corrected chi connectivity index (χ4v) is 4.06. The van der Waals surface area contributed by atoms with E-state index in [-0.39, 0.29) is 29.5 Å². The van der Waals surface area contributed by atoms with Crippen LogP contribution in [0.3, 0.4) is 0 Å². The number of nitrogens with zero attached hydrogens (tertiary/aromatic N) is 1. The van der Waals surface area contributed by atoms with E-state index in [1.807, 2.05) is 42.2 Å². The molecule has 0 heterocycles. The Morgan fingerprint density at radius 1 is 0.966 bits per heavy atom. The molecule has 0 spiro atoms. The fraction of sp³-hybridized carbons (Fsp3) is 0.417. The minimum Gasteiger partial charge on any atom is -0.356 e. The number of anilines is 1. The van der Waals surface area contributed by atoms with Gasteiger partial charge in [0.05, 0.1) is 0 Å². The van der Waals surface area contributed by atoms with E-state index < -0.39 is 0 Å². The third kappa shape index (κ3) is 5.43. The van der Waals surface area contributed by atoms with E-state index >= 15 is 0 Å². The van der Waals surface area contributed by atoms with Gasteiger partial charge in [-0.25, -0.2) is 4.39 Å². The maximum absolute atomic E-state index is 13.7. The minimum atomic E-state index is -0.236. The van der Waals surface area contributed by atoms with Crippen molar-refractivity contribution in [2.24, 2.45) is 11.8 Å². The van der Waals surface area contributed by atoms with E-state index in [1.165, 1.54) is 6.07 Å². The highest BCUT2D eigenvalue weighted by atomic mass is 19.1. The van der Waals surface area contributed by atoms with Gasteiger partial charge < -0.3 is 10.2 Å². The topological polar surface area (TPSA) is 49.4 Å². The standard InChI is InChI=1S/C24H29FN2O2/c1-2-27(21-9-4-3-5-10-21)24(29)20-14-12-19(13-15-20)23(28)26-17-16-18-8-6-7-11-22(18)25/h3-11,19-20H,2,12-17H2,1H3,(H,26,28). The van der Waals surface area contributed by atoms with Crippen molar-refractivity contribution in [1.82, 2.24) is 5.32 Å². The van der Waals surface area contributed by atoms with Gasteiger partial charge in [0.25, 0.3) is 0 Å². The van der Waals surface area contributed by atoms with Crippen molar-refractivity contribution in [2.75, 3.05) is 18.0 Å². The van der Waals surface area contributed by atoms with Gasteiger partial charge >= 0.3 is 0 Å². The third-order valence-corrected chi connectivity index (χ3v) is 5.75. The molecule has 0 unspecified atom stereocenters. The molecule has 1 saturated carbocycles. The van der Waals surface area contributed by atoms with E-state index in [1.54, 1.807) is 18.2 Å². The Bertz CT molecular complexity index is 817. The molecule has 5 heteroatoms. The lowest BCUT2D eigenvalue weighted by molar-refractivity contribution is -0.129. The molecule has 3 rings (SSSR count). The Labute approximate surface area is 172 Å². The quantitative estimate of drug-likeness (QED) is 0.757. The van der Waals surface area contributed by atoms with Gasteiger partial charge in [-0.3, -0.25) is 9.59 Å². The molecule has 0 saturated heterocycles. The molecular weight excluding hydrogens is 367 g/mol. The van der Waals surface area contributed by atoms with Crippen LogP contribution in [-0.4, -0.2) is 24.9 Å². The van der Waals surface area contributed by atoms with Crippen molar-refractivity contribution in [3.8, 4) is 0 Å². The van der Waals surface area contributed by atoms with Crippen molar-refractivity contribution in [2.45, 2.75) is 39.0 Å². The Morgan fingerprint density at radius 3 is 2.24 bits per heavy atom. The SMILES string of the molecule is CCN(C(=O)C1CCC(C(=O)NCCc2ccccc2F)CC1)c1ccccc1. The number of nitrogens with one attached hydrogen (secondary N) is 1. The van der Waals surface area contributed by atoms with Gasteiger partial charge in [-0.05, 0) is 62.8 Å². The summed E-state index contributed by atoms with van der Waals surface area (Å²) in [5.74, 6) is -0.163. The van der Waals surface area contributed by atoms with Gasteiger partial charge in [0, 0.05) is 30.6 Å². The van der Waals surface area contributed by atoms with Crippen LogP contribution in [0.1, 0.15) is 38.2 Å². The van der Waals surface area contributed by atoms with Gasteiger partial charge in [-0.15, -0.1) is 0 Å². The lowest BCUT2D eigenvalue weighted by atomic mass is 9.80. The molecule has 1 aliphatic rings. The van der Waals surface area contributed by atoms with Crippen LogP contribution in [-0.2, 0) is 16.0 Å². The third-order valence-electron chi connectivity index (χ3n) is 5.75. The first-order chi connectivity index (χ1) is 14.1. The molecule has 2 aromatic carbocycles. The molecule has 2 aromatic rings. The number of para-hydroxylation sites is 1. The predicted molar refractivity (Wildman–Crippen MR) is 113 cm³/mol. The predicted octanol–water partition coefficient (Wildman–Crippen LogP) is 4.34. The Hall–Kier alpha value is -2.69. The zero-order valence-corrected chi connectivity index (χ0v) is 16.9. The first kappa shape index (κ1) is 21.0. The molecular formula is C24H29FN2O2. The average molecular weight is 397 g/mol. The number of hydrogen-bond acceptors (Lipinski definition) is 2. The van der Waals surface area contributed by atoms with Gasteiger partial charge in [0.15, 0.2) is 0 Å². The molecule has 0 radical (unpaired) electrons. The van der Waals surface area contributed by atoms with E-state index in [0.29, 0.717) is 37.9 Å². The molecule has 0 bridgehead atoms. The first-order valence-electron chi connectivity index (χ1n) is 10.5. The second kappa shape index (κ2) is 10.2. The molecule has 0 aromatic heterocycles. The number of amides is 2. The van der Waals surface area contributed by atoms with E-state index in [2.05, 4.69) is 5.32 Å². The van der Waals surface area contributed by atoms with Crippen molar-refractivity contribution in [3.63, 3.8) is 0 Å². The zero-order valence-electron chi connectivity index (χ0n) is 16.9. The van der Waals surface area contributed by atoms with Gasteiger partial charge in [0.1, 0.15) is 5.82 Å². The molecule has 1 N–H and O–H groups in total. The molecule has 154 valence electrons. The number of carbonyl (C=O) groups excluding carboxylic acids is 2. The smallest absolute Gasteiger partial charge is 0.230 e. The first-order valence-corrected chi connectivity index (χ1v) is 10.5. The Morgan fingerprint density at radius 2 is 1.59 bits per heavy atom. The summed E-state index contributed by atoms with van der Waals surface area (Å²) in [4.78, 5) is 27.3. The summed E-state index contributed by atoms with van der Waals surface area (Å²) < 4.78 is 13.7. The molecule has 0 atom stereocenters. The van der Waals surface area contributed by atoms with Crippen LogP contribution < -0.4 is 10.2 Å². The van der Waals surface area contributed by atoms with Gasteiger partial charge in [-0.2, -0.15) is 0 Å². The van der Waals surface area contributed by atoms with E-state index in [4.69, 9.17) is 0 Å². The highest BCUT2D eigenvalue weighted by Gasteiger charge is 2.32. The van der Waals surface area contributed by atoms with Crippen molar-refractivity contribution in [3.05, 3.63) is 66.0 Å². The summed E-state index contributed by atoms with van der Waals surface area (Å²) in [5, 5.41) is 2.93. The van der Waals surface area contributed by atoms with Crippen LogP contribution in [0.25, 0.3) is 0 Å². The summed E-state index contributed by atoms with van der Waals surface area (Å²) in [5.41, 5.74) is 1.54. The van der Waals surface area contributed by atoms with Crippen LogP contribution in [0.5, 0.6) is 0 Å². The van der Waals surface area contributed by atoms with Crippen LogP contribution in [0.4, 0.5) is 10.1 Å². The fourth-order valence-electron chi connectivity index (χ4n) is 4.06. The molecule has 1 fully saturated rings. The summed E-state index contributed by atoms with van der Waals surface area (Å²) >= 11 is 0. The monoisotopic (exact) mass is 396 g/mol. The van der Waals surface area contributed by atoms with Gasteiger partial charge in [-0.1, -0.05) is 36.4 Å². The molecule has 29 heavy (non-hydrogen) atoms. The van der Waals surface area contributed by atoms with Crippen molar-refractivity contribution in [1.29, 1.82) is 0 Å². The van der Waals surface area contributed by atoms with Crippen LogP contribution in [0, 0.1) is 17.7 Å². The van der Waals surface area contributed by atoms with E-state index in [0.717, 1.165) is 18.5 Å². The van der Waals surface area contributed by atoms with Gasteiger partial charge in [0.2, 0.25) is 11.8 Å². The van der Waals surface area contributed by atoms with Crippen LogP contribution in [0.15, 0.2) is 54.6 Å². The second-order valence-electron chi connectivity index (χ2n) is 7.60. The molecule has 4 nitrogen and oxygen atoms in total. The zero-order chi connectivity index (χ0) is 20.6. The summed E-state index contributed by atoms with van der Waals surface area (Å²) in [6.45, 7) is 3.05. The number of halogens is 1. The number of hydrogen-bond donors (Lipinski definition) is 1. The Kier molecular flexibility index (Phi) is 7.39. The summed E-state index contributed by atoms with van der Waals surface area (Å²) in [6, 6.07) is 16.4. The maximum atomic E-state index is 13.7. The highest BCUT2D eigenvalue weighted by molar-refractivity contribution is 5.95. The number of rotatable bonds is 7. The second-order valence-corrected chi connectivity index (χ2v) is 7.60. The molecule has 0 aliphatic heterocycles. The largest absolute Gasteiger partial charge is 0.356 e. The maximum Gasteiger partial charge on any atom is 0.230 e. The summed E-state index contributed by atoms with van der Waals surface area (Å²) in [6.07, 6.45) is 3.37. The normalized spacial score (nSPS) is 18.8. The summed E-state index contributed by atoms with van der Waals surface area (Å²) in [7, 11) is 0. The molecule has 2 amide bonds.